The second kappa shape index (κ2) is 9.00. The lowest BCUT2D eigenvalue weighted by Crippen LogP contribution is -2.34. The van der Waals surface area contributed by atoms with E-state index in [0.717, 1.165) is 30.6 Å². The smallest absolute Gasteiger partial charge is 0.277 e. The van der Waals surface area contributed by atoms with Crippen molar-refractivity contribution in [3.05, 3.63) is 58.1 Å². The summed E-state index contributed by atoms with van der Waals surface area (Å²) in [5, 5.41) is 21.0. The van der Waals surface area contributed by atoms with Crippen LogP contribution >= 0.6 is 0 Å². The first-order chi connectivity index (χ1) is 14.6. The van der Waals surface area contributed by atoms with E-state index in [4.69, 9.17) is 0 Å². The molecule has 1 aromatic carbocycles. The number of hydrogen-bond donors (Lipinski definition) is 3. The number of H-pyrrole nitrogens is 1. The zero-order valence-electron chi connectivity index (χ0n) is 16.9. The van der Waals surface area contributed by atoms with Gasteiger partial charge in [-0.05, 0) is 50.4 Å². The Morgan fingerprint density at radius 1 is 1.27 bits per heavy atom. The summed E-state index contributed by atoms with van der Waals surface area (Å²) in [7, 11) is 0. The number of nitrogens with one attached hydrogen (secondary N) is 3. The number of benzene rings is 1. The highest BCUT2D eigenvalue weighted by molar-refractivity contribution is 6.03. The van der Waals surface area contributed by atoms with E-state index in [1.807, 2.05) is 25.1 Å². The normalized spacial score (nSPS) is 16.4. The molecule has 0 saturated carbocycles. The number of rotatable bonds is 6. The van der Waals surface area contributed by atoms with E-state index in [1.165, 1.54) is 25.3 Å². The van der Waals surface area contributed by atoms with Crippen molar-refractivity contribution in [1.82, 2.24) is 30.5 Å². The van der Waals surface area contributed by atoms with Crippen molar-refractivity contribution in [2.24, 2.45) is 0 Å². The Morgan fingerprint density at radius 3 is 2.93 bits per heavy atom. The van der Waals surface area contributed by atoms with E-state index in [1.54, 1.807) is 16.9 Å². The summed E-state index contributed by atoms with van der Waals surface area (Å²) in [6.07, 6.45) is 6.33. The Hall–Kier alpha value is -3.33. The summed E-state index contributed by atoms with van der Waals surface area (Å²) in [5.41, 5.74) is 2.99. The van der Waals surface area contributed by atoms with Gasteiger partial charge in [0.05, 0.1) is 11.9 Å². The minimum absolute atomic E-state index is 0.262. The van der Waals surface area contributed by atoms with Gasteiger partial charge in [-0.3, -0.25) is 14.3 Å². The number of anilines is 1. The van der Waals surface area contributed by atoms with Gasteiger partial charge in [-0.25, -0.2) is 5.10 Å². The van der Waals surface area contributed by atoms with Crippen LogP contribution in [0.2, 0.25) is 0 Å². The molecular weight excluding hydrogens is 382 g/mol. The minimum Gasteiger partial charge on any atom is -0.320 e. The maximum Gasteiger partial charge on any atom is 0.277 e. The van der Waals surface area contributed by atoms with Gasteiger partial charge in [0.1, 0.15) is 0 Å². The molecule has 1 aliphatic rings. The standard InChI is InChI=1S/C21H25N7O2/c1-14-5-6-15(17-7-8-20(29)26-24-17)12-18(14)23-21(30)19-13-28(27-25-19)11-9-16-4-2-3-10-22-16/h5-8,12-13,16,22H,2-4,9-11H2,1H3,(H,23,30)(H,26,29)/t16-/m1/s1. The number of carbonyl (C=O) groups is 1. The summed E-state index contributed by atoms with van der Waals surface area (Å²) >= 11 is 0. The van der Waals surface area contributed by atoms with Crippen LogP contribution in [0.3, 0.4) is 0 Å². The molecule has 0 unspecified atom stereocenters. The number of amides is 1. The number of carbonyl (C=O) groups excluding carboxylic acids is 1. The average molecular weight is 407 g/mol. The molecule has 1 saturated heterocycles. The Kier molecular flexibility index (Phi) is 5.99. The van der Waals surface area contributed by atoms with E-state index >= 15 is 0 Å². The molecule has 9 nitrogen and oxygen atoms in total. The van der Waals surface area contributed by atoms with Gasteiger partial charge in [0.15, 0.2) is 5.69 Å². The van der Waals surface area contributed by atoms with Gasteiger partial charge in [-0.1, -0.05) is 23.8 Å². The summed E-state index contributed by atoms with van der Waals surface area (Å²) in [6, 6.07) is 9.18. The van der Waals surface area contributed by atoms with Crippen LogP contribution in [0.5, 0.6) is 0 Å². The Labute approximate surface area is 173 Å². The number of piperidine rings is 1. The largest absolute Gasteiger partial charge is 0.320 e. The van der Waals surface area contributed by atoms with Crippen molar-refractivity contribution in [2.45, 2.75) is 45.2 Å². The second-order valence-electron chi connectivity index (χ2n) is 7.59. The molecule has 30 heavy (non-hydrogen) atoms. The molecule has 4 rings (SSSR count). The second-order valence-corrected chi connectivity index (χ2v) is 7.59. The van der Waals surface area contributed by atoms with Gasteiger partial charge in [-0.2, -0.15) is 5.10 Å². The van der Waals surface area contributed by atoms with E-state index < -0.39 is 0 Å². The van der Waals surface area contributed by atoms with Gasteiger partial charge in [0, 0.05) is 29.9 Å². The third-order valence-electron chi connectivity index (χ3n) is 5.35. The maximum absolute atomic E-state index is 12.7. The molecule has 1 atom stereocenters. The van der Waals surface area contributed by atoms with Gasteiger partial charge < -0.3 is 10.6 Å². The molecule has 1 fully saturated rings. The van der Waals surface area contributed by atoms with E-state index in [2.05, 4.69) is 31.1 Å². The van der Waals surface area contributed by atoms with Crippen LogP contribution in [0.4, 0.5) is 5.69 Å². The van der Waals surface area contributed by atoms with Crippen LogP contribution in [0.15, 0.2) is 41.3 Å². The third kappa shape index (κ3) is 4.80. The highest BCUT2D eigenvalue weighted by atomic mass is 16.2. The molecule has 1 amide bonds. The summed E-state index contributed by atoms with van der Waals surface area (Å²) in [6.45, 7) is 3.71. The average Bonchev–Trinajstić information content (AvgIpc) is 3.24. The summed E-state index contributed by atoms with van der Waals surface area (Å²) in [4.78, 5) is 23.9. The molecule has 3 N–H and O–H groups in total. The van der Waals surface area contributed by atoms with Crippen molar-refractivity contribution in [3.8, 4) is 11.3 Å². The van der Waals surface area contributed by atoms with Crippen LogP contribution in [0, 0.1) is 6.92 Å². The van der Waals surface area contributed by atoms with Crippen molar-refractivity contribution in [3.63, 3.8) is 0 Å². The minimum atomic E-state index is -0.313. The van der Waals surface area contributed by atoms with E-state index in [9.17, 15) is 9.59 Å². The quantitative estimate of drug-likeness (QED) is 0.576. The molecule has 3 aromatic rings. The Bertz CT molecular complexity index is 1060. The highest BCUT2D eigenvalue weighted by Crippen LogP contribution is 2.23. The topological polar surface area (TPSA) is 118 Å². The lowest BCUT2D eigenvalue weighted by atomic mass is 10.0. The molecule has 3 heterocycles. The van der Waals surface area contributed by atoms with E-state index in [0.29, 0.717) is 17.4 Å². The van der Waals surface area contributed by atoms with Crippen LogP contribution in [-0.4, -0.2) is 43.7 Å². The highest BCUT2D eigenvalue weighted by Gasteiger charge is 2.15. The molecule has 0 spiro atoms. The number of nitrogens with zero attached hydrogens (tertiary/aromatic N) is 4. The zero-order valence-corrected chi connectivity index (χ0v) is 16.9. The first-order valence-corrected chi connectivity index (χ1v) is 10.2. The fourth-order valence-electron chi connectivity index (χ4n) is 3.58. The van der Waals surface area contributed by atoms with Crippen molar-refractivity contribution in [2.75, 3.05) is 11.9 Å². The fourth-order valence-corrected chi connectivity index (χ4v) is 3.58. The predicted octanol–water partition coefficient (Wildman–Crippen LogP) is 2.12. The monoisotopic (exact) mass is 407 g/mol. The lowest BCUT2D eigenvalue weighted by Gasteiger charge is -2.23. The van der Waals surface area contributed by atoms with Crippen LogP contribution < -0.4 is 16.2 Å². The number of hydrogen-bond acceptors (Lipinski definition) is 6. The van der Waals surface area contributed by atoms with Gasteiger partial charge in [0.25, 0.3) is 11.5 Å². The molecular formula is C21H25N7O2. The van der Waals surface area contributed by atoms with Crippen molar-refractivity contribution >= 4 is 11.6 Å². The van der Waals surface area contributed by atoms with Gasteiger partial charge in [0.2, 0.25) is 0 Å². The van der Waals surface area contributed by atoms with Crippen molar-refractivity contribution < 1.29 is 4.79 Å². The van der Waals surface area contributed by atoms with Gasteiger partial charge in [-0.15, -0.1) is 5.10 Å². The molecule has 0 aliphatic carbocycles. The Balaban J connectivity index is 1.42. The van der Waals surface area contributed by atoms with Crippen molar-refractivity contribution in [1.29, 1.82) is 0 Å². The third-order valence-corrected chi connectivity index (χ3v) is 5.35. The Morgan fingerprint density at radius 2 is 2.17 bits per heavy atom. The molecule has 2 aromatic heterocycles. The molecule has 0 radical (unpaired) electrons. The van der Waals surface area contributed by atoms with Crippen LogP contribution in [-0.2, 0) is 6.54 Å². The number of aryl methyl sites for hydroxylation is 2. The first-order valence-electron chi connectivity index (χ1n) is 10.2. The van der Waals surface area contributed by atoms with E-state index in [-0.39, 0.29) is 17.2 Å². The zero-order chi connectivity index (χ0) is 20.9. The maximum atomic E-state index is 12.7. The fraction of sp³-hybridized carbons (Fsp3) is 0.381. The molecule has 9 heteroatoms. The summed E-state index contributed by atoms with van der Waals surface area (Å²) in [5.74, 6) is -0.313. The molecule has 0 bridgehead atoms. The molecule has 1 aliphatic heterocycles. The van der Waals surface area contributed by atoms with Crippen LogP contribution in [0.1, 0.15) is 41.7 Å². The van der Waals surface area contributed by atoms with Crippen LogP contribution in [0.25, 0.3) is 11.3 Å². The number of aromatic amines is 1. The SMILES string of the molecule is Cc1ccc(-c2ccc(=O)[nH]n2)cc1NC(=O)c1cn(CC[C@H]2CCCCN2)nn1. The molecule has 156 valence electrons. The lowest BCUT2D eigenvalue weighted by molar-refractivity contribution is 0.102. The summed E-state index contributed by atoms with van der Waals surface area (Å²) < 4.78 is 1.72. The predicted molar refractivity (Wildman–Crippen MR) is 113 cm³/mol. The number of aromatic nitrogens is 5. The van der Waals surface area contributed by atoms with Gasteiger partial charge >= 0.3 is 0 Å². The first kappa shape index (κ1) is 20.0.